The van der Waals surface area contributed by atoms with Gasteiger partial charge in [0.15, 0.2) is 0 Å². The second kappa shape index (κ2) is 23.7. The Morgan fingerprint density at radius 2 is 0.841 bits per heavy atom. The minimum Gasteiger partial charge on any atom is -0.478 e. The van der Waals surface area contributed by atoms with E-state index < -0.39 is 53.9 Å². The Kier molecular flexibility index (Phi) is 24.7. The number of esters is 2. The van der Waals surface area contributed by atoms with E-state index in [-0.39, 0.29) is 43.3 Å². The van der Waals surface area contributed by atoms with E-state index in [1.165, 1.54) is 46.6 Å². The molecule has 44 heavy (non-hydrogen) atoms. The number of carbonyl (C=O) groups is 4. The molecule has 0 rings (SSSR count). The second-order valence-electron chi connectivity index (χ2n) is 8.72. The van der Waals surface area contributed by atoms with E-state index in [9.17, 15) is 44.4 Å². The van der Waals surface area contributed by atoms with Crippen molar-refractivity contribution in [2.75, 3.05) is 78.6 Å². The van der Waals surface area contributed by atoms with Crippen molar-refractivity contribution in [3.63, 3.8) is 0 Å². The van der Waals surface area contributed by atoms with Gasteiger partial charge in [0, 0.05) is 72.5 Å². The van der Waals surface area contributed by atoms with Crippen LogP contribution in [0.25, 0.3) is 0 Å². The Morgan fingerprint density at radius 1 is 0.568 bits per heavy atom. The highest BCUT2D eigenvalue weighted by atomic mass is 35.5. The molecule has 0 aromatic heterocycles. The summed E-state index contributed by atoms with van der Waals surface area (Å²) >= 11 is 5.33. The van der Waals surface area contributed by atoms with E-state index in [0.717, 1.165) is 20.8 Å². The lowest BCUT2D eigenvalue weighted by Crippen LogP contribution is -2.25. The first-order valence-electron chi connectivity index (χ1n) is 12.4. The van der Waals surface area contributed by atoms with Crippen LogP contribution in [0.4, 0.5) is 0 Å². The molecule has 0 bridgehead atoms. The third kappa shape index (κ3) is 27.0. The van der Waals surface area contributed by atoms with Crippen LogP contribution in [0.15, 0.2) is 24.3 Å². The summed E-state index contributed by atoms with van der Waals surface area (Å²) in [4.78, 5) is 41.9. The normalized spacial score (nSPS) is 12.0. The molecule has 0 heterocycles. The zero-order chi connectivity index (χ0) is 35.1. The van der Waals surface area contributed by atoms with Crippen molar-refractivity contribution in [1.29, 1.82) is 0 Å². The van der Waals surface area contributed by atoms with E-state index in [1.807, 2.05) is 0 Å². The fraction of sp³-hybridized carbons (Fsp3) is 0.652. The maximum atomic E-state index is 11.5. The molecule has 0 atom stereocenters. The Labute approximate surface area is 264 Å². The van der Waals surface area contributed by atoms with Crippen LogP contribution in [0.1, 0.15) is 19.3 Å². The van der Waals surface area contributed by atoms with Crippen molar-refractivity contribution in [1.82, 2.24) is 12.9 Å². The quantitative estimate of drug-likeness (QED) is 0.0781. The smallest absolute Gasteiger partial charge is 0.331 e. The molecule has 0 spiro atoms. The number of hydrogen-bond donors (Lipinski definition) is 2. The highest BCUT2D eigenvalue weighted by Crippen LogP contribution is 2.00. The summed E-state index contributed by atoms with van der Waals surface area (Å²) in [6.45, 7) is -0.207. The molecule has 2 N–H and O–H groups in total. The number of ether oxygens (including phenoxy) is 2. The molecule has 0 saturated carbocycles. The number of hydrogen-bond acceptors (Lipinski definition) is 12. The summed E-state index contributed by atoms with van der Waals surface area (Å²) in [5.74, 6) is -3.90. The number of alkyl halides is 1. The SMILES string of the molecule is CN(C)S(=O)(=O)CCCCl.CN(C)S(=O)(=O)CCCOC(=O)/C=C/C(=O)OCCCS(=O)(=O)N(C)C.O=C(O)/C=C/C(=O)O. The van der Waals surface area contributed by atoms with Crippen molar-refractivity contribution in [2.24, 2.45) is 0 Å². The summed E-state index contributed by atoms with van der Waals surface area (Å²) in [6, 6.07) is 0. The van der Waals surface area contributed by atoms with Gasteiger partial charge in [0.1, 0.15) is 0 Å². The zero-order valence-electron chi connectivity index (χ0n) is 25.4. The van der Waals surface area contributed by atoms with Crippen LogP contribution in [0, 0.1) is 0 Å². The number of carbonyl (C=O) groups excluding carboxylic acids is 2. The Hall–Kier alpha value is -2.62. The van der Waals surface area contributed by atoms with Crippen molar-refractivity contribution in [3.8, 4) is 0 Å². The van der Waals surface area contributed by atoms with Crippen LogP contribution in [0.2, 0.25) is 0 Å². The van der Waals surface area contributed by atoms with Gasteiger partial charge in [0.2, 0.25) is 30.1 Å². The van der Waals surface area contributed by atoms with E-state index in [4.69, 9.17) is 31.3 Å². The van der Waals surface area contributed by atoms with E-state index >= 15 is 0 Å². The number of aliphatic carboxylic acids is 2. The van der Waals surface area contributed by atoms with Crippen molar-refractivity contribution < 1.29 is 64.1 Å². The molecule has 0 aromatic rings. The average Bonchev–Trinajstić information content (AvgIpc) is 2.90. The van der Waals surface area contributed by atoms with Crippen LogP contribution < -0.4 is 0 Å². The number of carboxylic acids is 2. The van der Waals surface area contributed by atoms with Crippen LogP contribution in [-0.4, -0.2) is 151 Å². The highest BCUT2D eigenvalue weighted by molar-refractivity contribution is 7.89. The lowest BCUT2D eigenvalue weighted by Gasteiger charge is -2.10. The summed E-state index contributed by atoms with van der Waals surface area (Å²) in [7, 11) is -1.04. The maximum absolute atomic E-state index is 11.5. The van der Waals surface area contributed by atoms with Crippen LogP contribution in [-0.2, 0) is 58.7 Å². The zero-order valence-corrected chi connectivity index (χ0v) is 28.6. The van der Waals surface area contributed by atoms with Gasteiger partial charge in [-0.25, -0.2) is 57.3 Å². The van der Waals surface area contributed by atoms with Gasteiger partial charge >= 0.3 is 23.9 Å². The first-order chi connectivity index (χ1) is 20.0. The molecule has 0 aromatic carbocycles. The molecule has 0 aliphatic carbocycles. The summed E-state index contributed by atoms with van der Waals surface area (Å²) in [5.41, 5.74) is 0. The largest absolute Gasteiger partial charge is 0.478 e. The fourth-order valence-electron chi connectivity index (χ4n) is 1.99. The van der Waals surface area contributed by atoms with E-state index in [1.54, 1.807) is 0 Å². The Morgan fingerprint density at radius 3 is 1.07 bits per heavy atom. The summed E-state index contributed by atoms with van der Waals surface area (Å²) < 4.78 is 80.7. The van der Waals surface area contributed by atoms with Crippen LogP contribution in [0.5, 0.6) is 0 Å². The molecule has 0 radical (unpaired) electrons. The van der Waals surface area contributed by atoms with Gasteiger partial charge in [0.05, 0.1) is 30.5 Å². The average molecular weight is 716 g/mol. The maximum Gasteiger partial charge on any atom is 0.331 e. The number of sulfonamides is 3. The number of halogens is 1. The van der Waals surface area contributed by atoms with Gasteiger partial charge < -0.3 is 19.7 Å². The number of carboxylic acid groups (broad SMARTS) is 2. The predicted octanol–water partition coefficient (Wildman–Crippen LogP) is -0.589. The second-order valence-corrected chi connectivity index (χ2v) is 16.0. The van der Waals surface area contributed by atoms with Gasteiger partial charge in [-0.1, -0.05) is 0 Å². The number of rotatable bonds is 18. The van der Waals surface area contributed by atoms with E-state index in [2.05, 4.69) is 0 Å². The summed E-state index contributed by atoms with van der Waals surface area (Å²) in [6.07, 6.45) is 3.61. The Bertz CT molecular complexity index is 1200. The molecule has 0 fully saturated rings. The fourth-order valence-corrected chi connectivity index (χ4v) is 4.85. The molecule has 17 nitrogen and oxygen atoms in total. The van der Waals surface area contributed by atoms with Gasteiger partial charge in [0.25, 0.3) is 0 Å². The number of nitrogens with zero attached hydrogens (tertiary/aromatic N) is 3. The molecule has 0 amide bonds. The lowest BCUT2D eigenvalue weighted by molar-refractivity contribution is -0.140. The highest BCUT2D eigenvalue weighted by Gasteiger charge is 2.14. The van der Waals surface area contributed by atoms with Crippen LogP contribution in [0.3, 0.4) is 0 Å². The third-order valence-corrected chi connectivity index (χ3v) is 10.5. The summed E-state index contributed by atoms with van der Waals surface area (Å²) in [5, 5.41) is 15.6. The topological polar surface area (TPSA) is 239 Å². The first-order valence-corrected chi connectivity index (χ1v) is 17.8. The monoisotopic (exact) mass is 715 g/mol. The molecule has 0 aliphatic heterocycles. The molecule has 0 unspecified atom stereocenters. The molecule has 0 saturated heterocycles. The minimum absolute atomic E-state index is 0.103. The molecular weight excluding hydrogens is 674 g/mol. The van der Waals surface area contributed by atoms with Gasteiger partial charge in [-0.2, -0.15) is 0 Å². The van der Waals surface area contributed by atoms with Gasteiger partial charge in [-0.05, 0) is 19.3 Å². The Balaban J connectivity index is -0.000000758. The molecular formula is C23H42ClN3O14S3. The van der Waals surface area contributed by atoms with Crippen molar-refractivity contribution in [2.45, 2.75) is 19.3 Å². The predicted molar refractivity (Wildman–Crippen MR) is 162 cm³/mol. The van der Waals surface area contributed by atoms with Crippen molar-refractivity contribution >= 4 is 65.5 Å². The van der Waals surface area contributed by atoms with E-state index in [0.29, 0.717) is 24.5 Å². The van der Waals surface area contributed by atoms with Gasteiger partial charge in [-0.15, -0.1) is 11.6 Å². The molecule has 21 heteroatoms. The lowest BCUT2D eigenvalue weighted by atomic mass is 10.5. The minimum atomic E-state index is -3.35. The third-order valence-electron chi connectivity index (χ3n) is 4.51. The van der Waals surface area contributed by atoms with Gasteiger partial charge in [-0.3, -0.25) is 0 Å². The first kappa shape index (κ1) is 45.8. The molecule has 0 aliphatic rings. The molecule has 258 valence electrons. The standard InChI is InChI=1S/C14H26N2O8S2.C5H12ClNO2S.C4H4O4/c1-15(2)25(19,20)11-5-9-23-13(17)7-8-14(18)24-10-6-12-26(21,22)16(3)4;1-7(2)10(8,9)5-3-4-6;5-3(6)1-2-4(7)8/h7-8H,5-6,9-12H2,1-4H3;3-5H2,1-2H3;1-2H,(H,5,6)(H,7,8)/b8-7+;;2-1+. The van der Waals surface area contributed by atoms with Crippen molar-refractivity contribution in [3.05, 3.63) is 24.3 Å². The van der Waals surface area contributed by atoms with Crippen LogP contribution >= 0.6 is 11.6 Å².